The molecule has 0 atom stereocenters. The Kier molecular flexibility index (Phi) is 2.82. The summed E-state index contributed by atoms with van der Waals surface area (Å²) < 4.78 is 0. The minimum absolute atomic E-state index is 0.730. The topological polar surface area (TPSA) is 0 Å². The van der Waals surface area contributed by atoms with Crippen molar-refractivity contribution >= 4 is 12.6 Å². The fraction of sp³-hybridized carbons (Fsp3) is 0.333. The van der Waals surface area contributed by atoms with E-state index in [0.29, 0.717) is 0 Å². The summed E-state index contributed by atoms with van der Waals surface area (Å²) in [7, 11) is 0. The largest absolute Gasteiger partial charge is 0.0890 e. The summed E-state index contributed by atoms with van der Waals surface area (Å²) in [5.74, 6) is 0.730. The molecule has 1 rings (SSSR count). The van der Waals surface area contributed by atoms with Gasteiger partial charge in [0.05, 0.1) is 0 Å². The van der Waals surface area contributed by atoms with E-state index in [0.717, 1.165) is 12.2 Å². The molecule has 0 heterocycles. The van der Waals surface area contributed by atoms with Crippen molar-refractivity contribution in [3.63, 3.8) is 0 Å². The molecule has 1 heteroatoms. The first-order valence-corrected chi connectivity index (χ1v) is 4.10. The predicted molar refractivity (Wildman–Crippen MR) is 47.1 cm³/mol. The first kappa shape index (κ1) is 7.67. The van der Waals surface area contributed by atoms with Gasteiger partial charge in [0.25, 0.3) is 0 Å². The fourth-order valence-corrected chi connectivity index (χ4v) is 1.12. The Morgan fingerprint density at radius 2 is 2.00 bits per heavy atom. The number of benzene rings is 1. The molecule has 10 heavy (non-hydrogen) atoms. The van der Waals surface area contributed by atoms with E-state index in [1.54, 1.807) is 0 Å². The average Bonchev–Trinajstić information content (AvgIpc) is 2.05. The van der Waals surface area contributed by atoms with Gasteiger partial charge in [-0.3, -0.25) is 0 Å². The van der Waals surface area contributed by atoms with Gasteiger partial charge in [0.2, 0.25) is 0 Å². The van der Waals surface area contributed by atoms with E-state index in [4.69, 9.17) is 12.6 Å². The smallest absolute Gasteiger partial charge is 0.0288 e. The van der Waals surface area contributed by atoms with Crippen molar-refractivity contribution in [2.45, 2.75) is 19.1 Å². The fourth-order valence-electron chi connectivity index (χ4n) is 0.939. The van der Waals surface area contributed by atoms with Gasteiger partial charge in [-0.15, -0.1) is 0 Å². The molecule has 1 aromatic rings. The zero-order valence-electron chi connectivity index (χ0n) is 6.13. The lowest BCUT2D eigenvalue weighted by Crippen LogP contribution is -1.82. The van der Waals surface area contributed by atoms with Gasteiger partial charge in [0.1, 0.15) is 0 Å². The summed E-state index contributed by atoms with van der Waals surface area (Å²) in [4.78, 5) is 0. The van der Waals surface area contributed by atoms with E-state index in [1.807, 2.05) is 0 Å². The maximum Gasteiger partial charge on any atom is 0.0288 e. The normalized spacial score (nSPS) is 9.80. The number of rotatable bonds is 2. The first-order chi connectivity index (χ1) is 4.86. The molecule has 0 aliphatic carbocycles. The molecule has 0 saturated carbocycles. The Labute approximate surface area is 67.7 Å². The van der Waals surface area contributed by atoms with Crippen LogP contribution in [0.3, 0.4) is 0 Å². The Bertz CT molecular complexity index is 186. The number of hydrogen-bond acceptors (Lipinski definition) is 0. The summed E-state index contributed by atoms with van der Waals surface area (Å²) in [5, 5.41) is 0. The Hall–Kier alpha value is -0.430. The first-order valence-electron chi connectivity index (χ1n) is 3.52. The van der Waals surface area contributed by atoms with Crippen LogP contribution in [0.2, 0.25) is 0 Å². The van der Waals surface area contributed by atoms with Crippen LogP contribution in [0.4, 0.5) is 0 Å². The van der Waals surface area contributed by atoms with E-state index in [1.165, 1.54) is 11.1 Å². The quantitative estimate of drug-likeness (QED) is 0.609. The zero-order valence-corrected chi connectivity index (χ0v) is 6.95. The van der Waals surface area contributed by atoms with Crippen LogP contribution < -0.4 is 0 Å². The molecule has 0 aliphatic rings. The molecule has 0 saturated heterocycles. The highest BCUT2D eigenvalue weighted by Gasteiger charge is 1.90. The van der Waals surface area contributed by atoms with Crippen molar-refractivity contribution < 1.29 is 0 Å². The van der Waals surface area contributed by atoms with Crippen LogP contribution >= 0.6 is 12.6 Å². The summed E-state index contributed by atoms with van der Waals surface area (Å²) in [5.41, 5.74) is 2.64. The highest BCUT2D eigenvalue weighted by molar-refractivity contribution is 7.79. The highest BCUT2D eigenvalue weighted by Crippen LogP contribution is 2.07. The molecule has 0 aromatic heterocycles. The van der Waals surface area contributed by atoms with Gasteiger partial charge in [0.15, 0.2) is 0 Å². The van der Waals surface area contributed by atoms with Crippen LogP contribution in [0.1, 0.15) is 18.1 Å². The molecular formula is C9H11S. The van der Waals surface area contributed by atoms with E-state index in [-0.39, 0.29) is 0 Å². The molecule has 0 bridgehead atoms. The van der Waals surface area contributed by atoms with E-state index in [9.17, 15) is 0 Å². The van der Waals surface area contributed by atoms with Crippen LogP contribution in [0.25, 0.3) is 0 Å². The van der Waals surface area contributed by atoms with Crippen LogP contribution in [0.15, 0.2) is 24.3 Å². The molecule has 0 spiro atoms. The predicted octanol–water partition coefficient (Wildman–Crippen LogP) is 2.95. The zero-order chi connectivity index (χ0) is 7.40. The van der Waals surface area contributed by atoms with Crippen LogP contribution in [0, 0.1) is 0 Å². The molecule has 0 fully saturated rings. The molecule has 0 nitrogen and oxygen atoms in total. The maximum atomic E-state index is 4.93. The van der Waals surface area contributed by atoms with Crippen molar-refractivity contribution in [2.75, 3.05) is 0 Å². The Morgan fingerprint density at radius 1 is 1.30 bits per heavy atom. The van der Waals surface area contributed by atoms with Crippen LogP contribution in [-0.4, -0.2) is 0 Å². The van der Waals surface area contributed by atoms with Crippen molar-refractivity contribution in [1.29, 1.82) is 0 Å². The second kappa shape index (κ2) is 3.67. The van der Waals surface area contributed by atoms with Crippen molar-refractivity contribution in [3.05, 3.63) is 35.4 Å². The molecular weight excluding hydrogens is 140 g/mol. The van der Waals surface area contributed by atoms with Gasteiger partial charge in [-0.1, -0.05) is 43.8 Å². The molecule has 1 aromatic carbocycles. The molecule has 0 amide bonds. The second-order valence-corrected chi connectivity index (χ2v) is 2.61. The standard InChI is InChI=1S/C9H11S/c1-2-8-4-3-5-9(6-8)7-10/h3-6H,2,7H2,1H3. The van der Waals surface area contributed by atoms with E-state index < -0.39 is 0 Å². The van der Waals surface area contributed by atoms with Gasteiger partial charge in [-0.2, -0.15) is 0 Å². The molecule has 1 radical (unpaired) electrons. The second-order valence-electron chi connectivity index (χ2n) is 2.32. The SMILES string of the molecule is CCc1cccc(C[S])c1. The summed E-state index contributed by atoms with van der Waals surface area (Å²) >= 11 is 4.93. The summed E-state index contributed by atoms with van der Waals surface area (Å²) in [6, 6.07) is 8.45. The molecule has 53 valence electrons. The monoisotopic (exact) mass is 151 g/mol. The van der Waals surface area contributed by atoms with Crippen molar-refractivity contribution in [2.24, 2.45) is 0 Å². The van der Waals surface area contributed by atoms with Gasteiger partial charge in [-0.05, 0) is 17.5 Å². The summed E-state index contributed by atoms with van der Waals surface area (Å²) in [6.07, 6.45) is 1.10. The molecule has 0 N–H and O–H groups in total. The lowest BCUT2D eigenvalue weighted by Gasteiger charge is -1.97. The Morgan fingerprint density at radius 3 is 2.60 bits per heavy atom. The third kappa shape index (κ3) is 1.77. The maximum absolute atomic E-state index is 4.93. The van der Waals surface area contributed by atoms with Gasteiger partial charge in [-0.25, -0.2) is 0 Å². The average molecular weight is 151 g/mol. The van der Waals surface area contributed by atoms with Gasteiger partial charge < -0.3 is 0 Å². The van der Waals surface area contributed by atoms with Crippen molar-refractivity contribution in [1.82, 2.24) is 0 Å². The lowest BCUT2D eigenvalue weighted by atomic mass is 10.1. The van der Waals surface area contributed by atoms with Crippen molar-refractivity contribution in [3.8, 4) is 0 Å². The van der Waals surface area contributed by atoms with Gasteiger partial charge >= 0.3 is 0 Å². The lowest BCUT2D eigenvalue weighted by molar-refractivity contribution is 1.13. The highest BCUT2D eigenvalue weighted by atomic mass is 32.1. The number of aryl methyl sites for hydroxylation is 1. The molecule has 0 aliphatic heterocycles. The number of hydrogen-bond donors (Lipinski definition) is 0. The minimum atomic E-state index is 0.730. The minimum Gasteiger partial charge on any atom is -0.0890 e. The van der Waals surface area contributed by atoms with E-state index in [2.05, 4.69) is 31.2 Å². The van der Waals surface area contributed by atoms with Crippen LogP contribution in [0.5, 0.6) is 0 Å². The third-order valence-electron chi connectivity index (χ3n) is 1.57. The molecule has 0 unspecified atom stereocenters. The van der Waals surface area contributed by atoms with E-state index >= 15 is 0 Å². The summed E-state index contributed by atoms with van der Waals surface area (Å²) in [6.45, 7) is 2.16. The third-order valence-corrected chi connectivity index (χ3v) is 1.90. The van der Waals surface area contributed by atoms with Gasteiger partial charge in [0, 0.05) is 5.75 Å². The Balaban J connectivity index is 2.87. The van der Waals surface area contributed by atoms with Crippen LogP contribution in [-0.2, 0) is 12.2 Å².